The molecule has 0 fully saturated rings. The van der Waals surface area contributed by atoms with Crippen molar-refractivity contribution in [2.24, 2.45) is 5.90 Å². The fourth-order valence-electron chi connectivity index (χ4n) is 0.0481. The van der Waals surface area contributed by atoms with E-state index in [9.17, 15) is 0 Å². The second-order valence-corrected chi connectivity index (χ2v) is 0.515. The molecule has 6 heavy (non-hydrogen) atoms. The van der Waals surface area contributed by atoms with Crippen LogP contribution in [0.1, 0.15) is 0 Å². The second-order valence-electron chi connectivity index (χ2n) is 0.515. The Bertz CT molecular complexity index is 49.2. The van der Waals surface area contributed by atoms with Gasteiger partial charge in [0, 0.05) is 0 Å². The van der Waals surface area contributed by atoms with Crippen molar-refractivity contribution in [3.8, 4) is 12.3 Å². The van der Waals surface area contributed by atoms with Gasteiger partial charge in [-0.3, -0.25) is 4.84 Å². The van der Waals surface area contributed by atoms with Crippen LogP contribution in [0.3, 0.4) is 0 Å². The maximum absolute atomic E-state index is 4.68. The zero-order valence-electron chi connectivity index (χ0n) is 3.18. The highest BCUT2D eigenvalue weighted by Crippen LogP contribution is 1.48. The highest BCUT2D eigenvalue weighted by atomic mass is 35.5. The quantitative estimate of drug-likeness (QED) is 0.376. The Morgan fingerprint density at radius 1 is 1.83 bits per heavy atom. The van der Waals surface area contributed by atoms with Crippen molar-refractivity contribution in [1.29, 1.82) is 0 Å². The van der Waals surface area contributed by atoms with Crippen LogP contribution in [-0.4, -0.2) is 6.61 Å². The minimum Gasteiger partial charge on any atom is -0.292 e. The third-order valence-corrected chi connectivity index (χ3v) is 0.167. The van der Waals surface area contributed by atoms with Crippen LogP contribution in [0.5, 0.6) is 0 Å². The average Bonchev–Trinajstić information content (AvgIpc) is 1.41. The Morgan fingerprint density at radius 3 is 2.33 bits per heavy atom. The van der Waals surface area contributed by atoms with Crippen LogP contribution in [0.4, 0.5) is 0 Å². The minimum atomic E-state index is 0. The zero-order chi connectivity index (χ0) is 4.12. The number of hydrogen-bond acceptors (Lipinski definition) is 2. The first-order valence-electron chi connectivity index (χ1n) is 1.17. The lowest BCUT2D eigenvalue weighted by molar-refractivity contribution is 0.173. The molecule has 0 aromatic heterocycles. The second kappa shape index (κ2) is 8.84. The Labute approximate surface area is 43.0 Å². The van der Waals surface area contributed by atoms with E-state index in [2.05, 4.69) is 23.1 Å². The molecule has 0 spiro atoms. The summed E-state index contributed by atoms with van der Waals surface area (Å²) in [6.45, 7) is 0.194. The molecular weight excluding hydrogens is 101 g/mol. The predicted molar refractivity (Wildman–Crippen MR) is 26.2 cm³/mol. The van der Waals surface area contributed by atoms with Gasteiger partial charge >= 0.3 is 0 Å². The zero-order valence-corrected chi connectivity index (χ0v) is 3.99. The van der Waals surface area contributed by atoms with Crippen LogP contribution < -0.4 is 5.90 Å². The molecule has 0 unspecified atom stereocenters. The van der Waals surface area contributed by atoms with Crippen LogP contribution in [0.2, 0.25) is 0 Å². The molecule has 2 N–H and O–H groups in total. The number of nitrogens with two attached hydrogens (primary N) is 1. The Kier molecular flexibility index (Phi) is 13.6. The fourth-order valence-corrected chi connectivity index (χ4v) is 0.0481. The van der Waals surface area contributed by atoms with Crippen LogP contribution in [0.15, 0.2) is 0 Å². The van der Waals surface area contributed by atoms with E-state index in [0.717, 1.165) is 0 Å². The molecule has 0 aliphatic heterocycles. The highest BCUT2D eigenvalue weighted by molar-refractivity contribution is 5.85. The molecule has 36 valence electrons. The van der Waals surface area contributed by atoms with Gasteiger partial charge in [-0.05, 0) is 0 Å². The van der Waals surface area contributed by atoms with Gasteiger partial charge in [0.1, 0.15) is 6.61 Å². The fraction of sp³-hybridized carbons (Fsp3) is 0.333. The summed E-state index contributed by atoms with van der Waals surface area (Å²) in [7, 11) is 0. The van der Waals surface area contributed by atoms with E-state index in [1.165, 1.54) is 0 Å². The molecule has 0 aliphatic carbocycles. The van der Waals surface area contributed by atoms with E-state index in [1.807, 2.05) is 0 Å². The maximum Gasteiger partial charge on any atom is 0.128 e. The predicted octanol–water partition coefficient (Wildman–Crippen LogP) is -0.0683. The summed E-state index contributed by atoms with van der Waals surface area (Å²) in [5, 5.41) is 0. The van der Waals surface area contributed by atoms with Crippen molar-refractivity contribution in [1.82, 2.24) is 0 Å². The summed E-state index contributed by atoms with van der Waals surface area (Å²) < 4.78 is 0. The first kappa shape index (κ1) is 9.24. The van der Waals surface area contributed by atoms with Gasteiger partial charge in [0.05, 0.1) is 0 Å². The number of terminal acetylenes is 1. The van der Waals surface area contributed by atoms with Crippen LogP contribution in [-0.2, 0) is 4.84 Å². The first-order valence-corrected chi connectivity index (χ1v) is 1.17. The van der Waals surface area contributed by atoms with Crippen LogP contribution >= 0.6 is 12.4 Å². The summed E-state index contributed by atoms with van der Waals surface area (Å²) in [4.78, 5) is 3.95. The average molecular weight is 108 g/mol. The monoisotopic (exact) mass is 107 g/mol. The summed E-state index contributed by atoms with van der Waals surface area (Å²) in [6, 6.07) is 0. The van der Waals surface area contributed by atoms with Crippen molar-refractivity contribution in [3.63, 3.8) is 0 Å². The molecule has 0 bridgehead atoms. The van der Waals surface area contributed by atoms with Crippen molar-refractivity contribution in [2.75, 3.05) is 6.61 Å². The largest absolute Gasteiger partial charge is 0.292 e. The number of hydrogen-bond donors (Lipinski definition) is 1. The third-order valence-electron chi connectivity index (χ3n) is 0.167. The smallest absolute Gasteiger partial charge is 0.128 e. The molecule has 2 nitrogen and oxygen atoms in total. The van der Waals surface area contributed by atoms with E-state index in [-0.39, 0.29) is 19.0 Å². The number of halogens is 1. The molecular formula is C3H6ClNO. The molecule has 0 saturated carbocycles. The molecule has 0 atom stereocenters. The molecule has 0 amide bonds. The summed E-state index contributed by atoms with van der Waals surface area (Å²) in [5.41, 5.74) is 0. The summed E-state index contributed by atoms with van der Waals surface area (Å²) in [5.74, 6) is 6.67. The van der Waals surface area contributed by atoms with Crippen LogP contribution in [0, 0.1) is 12.3 Å². The lowest BCUT2D eigenvalue weighted by Crippen LogP contribution is -1.96. The van der Waals surface area contributed by atoms with E-state index in [1.54, 1.807) is 0 Å². The molecule has 0 aromatic rings. The Balaban J connectivity index is 0. The standard InChI is InChI=1S/C3H5NO.ClH/c1-2-3-5-4;/h1H,3-4H2;1H. The van der Waals surface area contributed by atoms with Crippen molar-refractivity contribution in [2.45, 2.75) is 0 Å². The van der Waals surface area contributed by atoms with E-state index in [0.29, 0.717) is 0 Å². The molecule has 0 radical (unpaired) electrons. The van der Waals surface area contributed by atoms with Gasteiger partial charge < -0.3 is 0 Å². The summed E-state index contributed by atoms with van der Waals surface area (Å²) >= 11 is 0. The molecule has 0 heterocycles. The van der Waals surface area contributed by atoms with Gasteiger partial charge in [-0.25, -0.2) is 5.90 Å². The molecule has 0 aromatic carbocycles. The van der Waals surface area contributed by atoms with E-state index < -0.39 is 0 Å². The van der Waals surface area contributed by atoms with Gasteiger partial charge in [-0.2, -0.15) is 0 Å². The minimum absolute atomic E-state index is 0. The highest BCUT2D eigenvalue weighted by Gasteiger charge is 1.58. The van der Waals surface area contributed by atoms with E-state index in [4.69, 9.17) is 0 Å². The molecule has 3 heteroatoms. The molecule has 0 aliphatic rings. The van der Waals surface area contributed by atoms with Crippen molar-refractivity contribution >= 4 is 12.4 Å². The summed E-state index contributed by atoms with van der Waals surface area (Å²) in [6.07, 6.45) is 4.68. The van der Waals surface area contributed by atoms with Gasteiger partial charge in [0.25, 0.3) is 0 Å². The van der Waals surface area contributed by atoms with Gasteiger partial charge in [-0.15, -0.1) is 18.8 Å². The maximum atomic E-state index is 4.68. The van der Waals surface area contributed by atoms with Crippen molar-refractivity contribution in [3.05, 3.63) is 0 Å². The number of rotatable bonds is 1. The third kappa shape index (κ3) is 9.23. The normalized spacial score (nSPS) is 5.33. The lowest BCUT2D eigenvalue weighted by atomic mass is 10.8. The van der Waals surface area contributed by atoms with Gasteiger partial charge in [0.2, 0.25) is 0 Å². The van der Waals surface area contributed by atoms with Crippen LogP contribution in [0.25, 0.3) is 0 Å². The lowest BCUT2D eigenvalue weighted by Gasteiger charge is -1.76. The van der Waals surface area contributed by atoms with Gasteiger partial charge in [0.15, 0.2) is 0 Å². The SMILES string of the molecule is C#CCON.Cl. The molecule has 0 saturated heterocycles. The Hall–Kier alpha value is -0.230. The van der Waals surface area contributed by atoms with E-state index >= 15 is 0 Å². The first-order chi connectivity index (χ1) is 2.41. The van der Waals surface area contributed by atoms with Crippen molar-refractivity contribution < 1.29 is 4.84 Å². The Morgan fingerprint density at radius 2 is 2.33 bits per heavy atom. The van der Waals surface area contributed by atoms with Gasteiger partial charge in [-0.1, -0.05) is 5.92 Å². The molecule has 0 rings (SSSR count). The topological polar surface area (TPSA) is 35.2 Å².